The van der Waals surface area contributed by atoms with E-state index in [0.29, 0.717) is 25.6 Å². The first-order chi connectivity index (χ1) is 8.95. The third-order valence-corrected chi connectivity index (χ3v) is 4.75. The van der Waals surface area contributed by atoms with Crippen molar-refractivity contribution >= 4 is 44.0 Å². The first-order valence-corrected chi connectivity index (χ1v) is 7.83. The molecule has 0 bridgehead atoms. The first kappa shape index (κ1) is 14.5. The zero-order chi connectivity index (χ0) is 14.0. The van der Waals surface area contributed by atoms with E-state index >= 15 is 0 Å². The molecule has 0 heterocycles. The Morgan fingerprint density at radius 3 is 2.63 bits per heavy atom. The van der Waals surface area contributed by atoms with Crippen LogP contribution in [0, 0.1) is 5.82 Å². The molecule has 100 valence electrons. The number of hydrogen-bond donors (Lipinski definition) is 1. The van der Waals surface area contributed by atoms with Gasteiger partial charge in [0, 0.05) is 10.2 Å². The normalized spacial score (nSPS) is 12.4. The van der Waals surface area contributed by atoms with E-state index in [2.05, 4.69) is 15.9 Å². The van der Waals surface area contributed by atoms with Gasteiger partial charge in [0.2, 0.25) is 0 Å². The Labute approximate surface area is 126 Å². The summed E-state index contributed by atoms with van der Waals surface area (Å²) >= 11 is 9.20. The number of rotatable bonds is 3. The predicted molar refractivity (Wildman–Crippen MR) is 80.1 cm³/mol. The topological polar surface area (TPSA) is 43.1 Å². The maximum atomic E-state index is 13.2. The number of nitrogen functional groups attached to an aromatic ring is 1. The Bertz CT molecular complexity index is 630. The van der Waals surface area contributed by atoms with E-state index in [1.54, 1.807) is 24.3 Å². The molecule has 1 unspecified atom stereocenters. The van der Waals surface area contributed by atoms with Crippen molar-refractivity contribution in [1.82, 2.24) is 0 Å². The lowest BCUT2D eigenvalue weighted by molar-refractivity contribution is 0.625. The fraction of sp³-hybridized carbons (Fsp3) is 0.0769. The second-order valence-corrected chi connectivity index (χ2v) is 6.70. The van der Waals surface area contributed by atoms with Crippen LogP contribution in [0.5, 0.6) is 0 Å². The summed E-state index contributed by atoms with van der Waals surface area (Å²) in [6.45, 7) is 0. The second kappa shape index (κ2) is 6.03. The van der Waals surface area contributed by atoms with Crippen molar-refractivity contribution < 1.29 is 8.60 Å². The molecule has 2 aromatic carbocycles. The maximum absolute atomic E-state index is 13.2. The highest BCUT2D eigenvalue weighted by Crippen LogP contribution is 2.25. The van der Waals surface area contributed by atoms with Crippen molar-refractivity contribution in [2.24, 2.45) is 0 Å². The highest BCUT2D eigenvalue weighted by atomic mass is 79.9. The van der Waals surface area contributed by atoms with Crippen LogP contribution in [0.25, 0.3) is 0 Å². The van der Waals surface area contributed by atoms with E-state index in [4.69, 9.17) is 17.3 Å². The molecule has 0 aliphatic rings. The Morgan fingerprint density at radius 1 is 1.26 bits per heavy atom. The number of benzene rings is 2. The van der Waals surface area contributed by atoms with E-state index in [0.717, 1.165) is 0 Å². The van der Waals surface area contributed by atoms with Crippen LogP contribution in [-0.2, 0) is 16.6 Å². The molecule has 0 aromatic heterocycles. The largest absolute Gasteiger partial charge is 0.399 e. The fourth-order valence-electron chi connectivity index (χ4n) is 1.63. The zero-order valence-corrected chi connectivity index (χ0v) is 12.9. The predicted octanol–water partition coefficient (Wildman–Crippen LogP) is 4.13. The van der Waals surface area contributed by atoms with Gasteiger partial charge in [-0.1, -0.05) is 27.5 Å². The van der Waals surface area contributed by atoms with Crippen molar-refractivity contribution in [3.05, 3.63) is 57.3 Å². The van der Waals surface area contributed by atoms with E-state index in [1.807, 2.05) is 0 Å². The minimum atomic E-state index is -1.35. The molecule has 2 aromatic rings. The summed E-state index contributed by atoms with van der Waals surface area (Å²) in [5, 5.41) is 0.355. The quantitative estimate of drug-likeness (QED) is 0.834. The van der Waals surface area contributed by atoms with Gasteiger partial charge < -0.3 is 5.73 Å². The van der Waals surface area contributed by atoms with Gasteiger partial charge in [0.1, 0.15) is 5.82 Å². The zero-order valence-electron chi connectivity index (χ0n) is 9.70. The number of anilines is 1. The highest BCUT2D eigenvalue weighted by molar-refractivity contribution is 9.10. The summed E-state index contributed by atoms with van der Waals surface area (Å²) in [6, 6.07) is 9.25. The lowest BCUT2D eigenvalue weighted by Crippen LogP contribution is -1.99. The van der Waals surface area contributed by atoms with Crippen LogP contribution in [-0.4, -0.2) is 4.21 Å². The van der Waals surface area contributed by atoms with Gasteiger partial charge in [-0.25, -0.2) is 4.39 Å². The summed E-state index contributed by atoms with van der Waals surface area (Å²) in [5.74, 6) is -0.176. The minimum Gasteiger partial charge on any atom is -0.399 e. The minimum absolute atomic E-state index is 0.194. The molecule has 2 nitrogen and oxygen atoms in total. The number of hydrogen-bond acceptors (Lipinski definition) is 2. The van der Waals surface area contributed by atoms with Gasteiger partial charge in [0.25, 0.3) is 0 Å². The average Bonchev–Trinajstić information content (AvgIpc) is 2.26. The molecule has 6 heteroatoms. The van der Waals surface area contributed by atoms with Crippen molar-refractivity contribution in [3.8, 4) is 0 Å². The van der Waals surface area contributed by atoms with Crippen molar-refractivity contribution in [2.45, 2.75) is 10.6 Å². The van der Waals surface area contributed by atoms with Crippen LogP contribution in [0.15, 0.2) is 45.8 Å². The van der Waals surface area contributed by atoms with Gasteiger partial charge in [-0.15, -0.1) is 0 Å². The van der Waals surface area contributed by atoms with Crippen LogP contribution < -0.4 is 5.73 Å². The molecular formula is C13H10BrClFNOS. The van der Waals surface area contributed by atoms with E-state index < -0.39 is 10.8 Å². The molecular weight excluding hydrogens is 353 g/mol. The summed E-state index contributed by atoms with van der Waals surface area (Å²) < 4.78 is 26.1. The SMILES string of the molecule is Nc1ccc(S(=O)Cc2cc(F)cc(Br)c2)c(Cl)c1. The number of halogens is 3. The lowest BCUT2D eigenvalue weighted by Gasteiger charge is -2.06. The van der Waals surface area contributed by atoms with E-state index in [1.165, 1.54) is 12.1 Å². The summed E-state index contributed by atoms with van der Waals surface area (Å²) in [6.07, 6.45) is 0. The molecule has 0 radical (unpaired) electrons. The Hall–Kier alpha value is -0.910. The maximum Gasteiger partial charge on any atom is 0.124 e. The van der Waals surface area contributed by atoms with Crippen LogP contribution in [0.2, 0.25) is 5.02 Å². The van der Waals surface area contributed by atoms with Crippen LogP contribution in [0.1, 0.15) is 5.56 Å². The lowest BCUT2D eigenvalue weighted by atomic mass is 10.2. The van der Waals surface area contributed by atoms with Crippen LogP contribution in [0.4, 0.5) is 10.1 Å². The Kier molecular flexibility index (Phi) is 4.60. The monoisotopic (exact) mass is 361 g/mol. The van der Waals surface area contributed by atoms with Crippen molar-refractivity contribution in [1.29, 1.82) is 0 Å². The van der Waals surface area contributed by atoms with Gasteiger partial charge in [0.05, 0.1) is 26.5 Å². The molecule has 19 heavy (non-hydrogen) atoms. The first-order valence-electron chi connectivity index (χ1n) is 5.34. The van der Waals surface area contributed by atoms with Gasteiger partial charge in [-0.05, 0) is 42.0 Å². The second-order valence-electron chi connectivity index (χ2n) is 3.96. The molecule has 0 aliphatic carbocycles. The molecule has 2 rings (SSSR count). The van der Waals surface area contributed by atoms with Gasteiger partial charge in [0.15, 0.2) is 0 Å². The van der Waals surface area contributed by atoms with Crippen LogP contribution >= 0.6 is 27.5 Å². The molecule has 0 amide bonds. The Morgan fingerprint density at radius 2 is 2.00 bits per heavy atom. The van der Waals surface area contributed by atoms with E-state index in [-0.39, 0.29) is 11.6 Å². The molecule has 0 fully saturated rings. The third kappa shape index (κ3) is 3.78. The van der Waals surface area contributed by atoms with Crippen molar-refractivity contribution in [3.63, 3.8) is 0 Å². The molecule has 0 saturated carbocycles. The molecule has 0 saturated heterocycles. The van der Waals surface area contributed by atoms with Gasteiger partial charge >= 0.3 is 0 Å². The van der Waals surface area contributed by atoms with Crippen LogP contribution in [0.3, 0.4) is 0 Å². The summed E-state index contributed by atoms with van der Waals surface area (Å²) in [4.78, 5) is 0.497. The molecule has 2 N–H and O–H groups in total. The van der Waals surface area contributed by atoms with E-state index in [9.17, 15) is 8.60 Å². The molecule has 1 atom stereocenters. The Balaban J connectivity index is 2.25. The summed E-state index contributed by atoms with van der Waals surface area (Å²) in [7, 11) is -1.35. The number of nitrogens with two attached hydrogens (primary N) is 1. The van der Waals surface area contributed by atoms with Crippen molar-refractivity contribution in [2.75, 3.05) is 5.73 Å². The standard InChI is InChI=1S/C13H10BrClFNOS/c14-9-3-8(4-10(16)5-9)7-19(18)13-2-1-11(17)6-12(13)15/h1-6H,7,17H2. The highest BCUT2D eigenvalue weighted by Gasteiger charge is 2.11. The fourth-order valence-corrected chi connectivity index (χ4v) is 3.71. The molecule has 0 aliphatic heterocycles. The average molecular weight is 363 g/mol. The summed E-state index contributed by atoms with van der Waals surface area (Å²) in [5.41, 5.74) is 6.73. The van der Waals surface area contributed by atoms with Gasteiger partial charge in [-0.2, -0.15) is 0 Å². The smallest absolute Gasteiger partial charge is 0.124 e. The van der Waals surface area contributed by atoms with Gasteiger partial charge in [-0.3, -0.25) is 4.21 Å². The third-order valence-electron chi connectivity index (χ3n) is 2.42. The molecule has 0 spiro atoms.